The fourth-order valence-electron chi connectivity index (χ4n) is 1.83. The first-order chi connectivity index (χ1) is 8.42. The van der Waals surface area contributed by atoms with Gasteiger partial charge in [0.15, 0.2) is 5.78 Å². The first kappa shape index (κ1) is 17.3. The number of carbonyl (C=O) groups is 3. The highest BCUT2D eigenvalue weighted by atomic mass is 35.5. The molecule has 19 heavy (non-hydrogen) atoms. The van der Waals surface area contributed by atoms with E-state index in [0.717, 1.165) is 7.11 Å². The summed E-state index contributed by atoms with van der Waals surface area (Å²) in [6.45, 7) is 6.02. The van der Waals surface area contributed by atoms with Gasteiger partial charge in [0, 0.05) is 12.2 Å². The second-order valence-corrected chi connectivity index (χ2v) is 3.88. The maximum absolute atomic E-state index is 12.0. The molecule has 1 aromatic rings. The van der Waals surface area contributed by atoms with Gasteiger partial charge in [0.2, 0.25) is 5.78 Å². The summed E-state index contributed by atoms with van der Waals surface area (Å²) in [6.07, 6.45) is -0.482. The quantitative estimate of drug-likeness (QED) is 0.353. The Morgan fingerprint density at radius 1 is 1.26 bits per heavy atom. The van der Waals surface area contributed by atoms with Crippen LogP contribution >= 0.6 is 12.4 Å². The van der Waals surface area contributed by atoms with Crippen LogP contribution in [0.25, 0.3) is 0 Å². The second-order valence-electron chi connectivity index (χ2n) is 3.88. The molecule has 0 fully saturated rings. The molecule has 7 heteroatoms. The van der Waals surface area contributed by atoms with Gasteiger partial charge in [0.05, 0.1) is 24.8 Å². The van der Waals surface area contributed by atoms with Gasteiger partial charge in [-0.15, -0.1) is 12.4 Å². The molecule has 106 valence electrons. The smallest absolute Gasteiger partial charge is 0.374 e. The summed E-state index contributed by atoms with van der Waals surface area (Å²) in [4.78, 5) is 34.3. The molecule has 0 bridgehead atoms. The lowest BCUT2D eigenvalue weighted by Gasteiger charge is -2.01. The molecule has 1 rings (SSSR count). The number of methoxy groups -OCH3 is 1. The van der Waals surface area contributed by atoms with Crippen molar-refractivity contribution in [2.75, 3.05) is 7.11 Å². The Kier molecular flexibility index (Phi) is 6.41. The molecule has 1 aromatic heterocycles. The number of ether oxygens (including phenoxy) is 1. The van der Waals surface area contributed by atoms with Gasteiger partial charge in [0.25, 0.3) is 0 Å². The van der Waals surface area contributed by atoms with Crippen molar-refractivity contribution >= 4 is 29.9 Å². The molecule has 0 N–H and O–H groups in total. The van der Waals surface area contributed by atoms with Crippen LogP contribution in [0.2, 0.25) is 0 Å². The molecule has 6 nitrogen and oxygen atoms in total. The second kappa shape index (κ2) is 7.04. The fourth-order valence-corrected chi connectivity index (χ4v) is 1.83. The number of halogens is 1. The summed E-state index contributed by atoms with van der Waals surface area (Å²) in [5.41, 5.74) is 1.68. The Labute approximate surface area is 117 Å². The van der Waals surface area contributed by atoms with Crippen LogP contribution in [0.15, 0.2) is 0 Å². The van der Waals surface area contributed by atoms with Crippen LogP contribution in [0.5, 0.6) is 0 Å². The highest BCUT2D eigenvalue weighted by Gasteiger charge is 2.24. The van der Waals surface area contributed by atoms with E-state index in [0.29, 0.717) is 23.5 Å². The Balaban J connectivity index is 0.00000324. The van der Waals surface area contributed by atoms with Crippen LogP contribution in [0.1, 0.15) is 35.1 Å². The highest BCUT2D eigenvalue weighted by molar-refractivity contribution is 6.38. The summed E-state index contributed by atoms with van der Waals surface area (Å²) in [7, 11) is 1.11. The predicted molar refractivity (Wildman–Crippen MR) is 70.6 cm³/mol. The van der Waals surface area contributed by atoms with E-state index in [4.69, 9.17) is 0 Å². The van der Waals surface area contributed by atoms with E-state index in [2.05, 4.69) is 9.84 Å². The molecular formula is C12H17ClN2O4. The lowest BCUT2D eigenvalue weighted by Crippen LogP contribution is -2.20. The molecule has 0 aliphatic rings. The molecule has 0 radical (unpaired) electrons. The van der Waals surface area contributed by atoms with E-state index in [1.165, 1.54) is 0 Å². The molecule has 0 aliphatic heterocycles. The van der Waals surface area contributed by atoms with Gasteiger partial charge < -0.3 is 4.74 Å². The zero-order valence-corrected chi connectivity index (χ0v) is 12.2. The Morgan fingerprint density at radius 3 is 2.26 bits per heavy atom. The number of aromatic nitrogens is 2. The van der Waals surface area contributed by atoms with E-state index in [-0.39, 0.29) is 12.4 Å². The van der Waals surface area contributed by atoms with Crippen molar-refractivity contribution < 1.29 is 19.1 Å². The van der Waals surface area contributed by atoms with Crippen LogP contribution in [0.4, 0.5) is 0 Å². The number of hydrogen-bond donors (Lipinski definition) is 0. The molecule has 0 amide bonds. The minimum atomic E-state index is -0.999. The summed E-state index contributed by atoms with van der Waals surface area (Å²) in [5.74, 6) is -2.24. The Bertz CT molecular complexity index is 508. The average Bonchev–Trinajstić information content (AvgIpc) is 2.62. The van der Waals surface area contributed by atoms with E-state index in [1.807, 2.05) is 6.92 Å². The molecule has 0 aliphatic carbocycles. The third kappa shape index (κ3) is 3.64. The van der Waals surface area contributed by atoms with Gasteiger partial charge in [0.1, 0.15) is 0 Å². The Hall–Kier alpha value is -1.69. The monoisotopic (exact) mass is 288 g/mol. The average molecular weight is 289 g/mol. The van der Waals surface area contributed by atoms with E-state index in [9.17, 15) is 14.4 Å². The van der Waals surface area contributed by atoms with Gasteiger partial charge in [-0.3, -0.25) is 14.3 Å². The lowest BCUT2D eigenvalue weighted by atomic mass is 10.0. The van der Waals surface area contributed by atoms with Crippen LogP contribution in [0, 0.1) is 13.8 Å². The van der Waals surface area contributed by atoms with Crippen LogP contribution < -0.4 is 0 Å². The molecule has 1 heterocycles. The van der Waals surface area contributed by atoms with Crippen molar-refractivity contribution in [2.24, 2.45) is 0 Å². The van der Waals surface area contributed by atoms with Crippen molar-refractivity contribution in [2.45, 2.75) is 33.7 Å². The molecule has 0 spiro atoms. The largest absolute Gasteiger partial charge is 0.463 e. The summed E-state index contributed by atoms with van der Waals surface area (Å²) in [6, 6.07) is 0. The minimum Gasteiger partial charge on any atom is -0.463 e. The lowest BCUT2D eigenvalue weighted by molar-refractivity contribution is -0.151. The number of ketones is 2. The van der Waals surface area contributed by atoms with Gasteiger partial charge in [-0.05, 0) is 20.8 Å². The maximum Gasteiger partial charge on any atom is 0.374 e. The number of rotatable bonds is 5. The minimum absolute atomic E-state index is 0. The number of carbonyl (C=O) groups excluding carboxylic acids is 3. The van der Waals surface area contributed by atoms with Crippen molar-refractivity contribution in [1.82, 2.24) is 9.78 Å². The summed E-state index contributed by atoms with van der Waals surface area (Å²) < 4.78 is 5.96. The van der Waals surface area contributed by atoms with Gasteiger partial charge in [-0.25, -0.2) is 4.79 Å². The SMILES string of the molecule is CCn1nc(C)c(C(=O)CC(=O)C(=O)OC)c1C.Cl. The Morgan fingerprint density at radius 2 is 1.84 bits per heavy atom. The van der Waals surface area contributed by atoms with Crippen LogP contribution in [-0.4, -0.2) is 34.4 Å². The number of Topliss-reactive ketones (excluding diaryl/α,β-unsaturated/α-hetero) is 2. The third-order valence-corrected chi connectivity index (χ3v) is 2.69. The van der Waals surface area contributed by atoms with Crippen molar-refractivity contribution in [3.8, 4) is 0 Å². The molecule has 0 saturated carbocycles. The zero-order chi connectivity index (χ0) is 13.9. The number of hydrogen-bond acceptors (Lipinski definition) is 5. The van der Waals surface area contributed by atoms with Crippen LogP contribution in [-0.2, 0) is 20.9 Å². The zero-order valence-electron chi connectivity index (χ0n) is 11.3. The molecular weight excluding hydrogens is 272 g/mol. The fraction of sp³-hybridized carbons (Fsp3) is 0.500. The topological polar surface area (TPSA) is 78.3 Å². The van der Waals surface area contributed by atoms with E-state index >= 15 is 0 Å². The maximum atomic E-state index is 12.0. The van der Waals surface area contributed by atoms with Crippen molar-refractivity contribution in [1.29, 1.82) is 0 Å². The first-order valence-corrected chi connectivity index (χ1v) is 5.60. The normalized spacial score (nSPS) is 9.68. The predicted octanol–water partition coefficient (Wildman–Crippen LogP) is 1.26. The number of esters is 1. The van der Waals surface area contributed by atoms with Crippen molar-refractivity contribution in [3.63, 3.8) is 0 Å². The van der Waals surface area contributed by atoms with Crippen LogP contribution in [0.3, 0.4) is 0 Å². The highest BCUT2D eigenvalue weighted by Crippen LogP contribution is 2.15. The molecule has 0 atom stereocenters. The number of nitrogens with zero attached hydrogens (tertiary/aromatic N) is 2. The van der Waals surface area contributed by atoms with Gasteiger partial charge in [-0.2, -0.15) is 5.10 Å². The van der Waals surface area contributed by atoms with Gasteiger partial charge in [-0.1, -0.05) is 0 Å². The van der Waals surface area contributed by atoms with E-state index in [1.54, 1.807) is 18.5 Å². The number of aryl methyl sites for hydroxylation is 2. The molecule has 0 saturated heterocycles. The van der Waals surface area contributed by atoms with Crippen molar-refractivity contribution in [3.05, 3.63) is 17.0 Å². The first-order valence-electron chi connectivity index (χ1n) is 5.60. The summed E-state index contributed by atoms with van der Waals surface area (Å²) in [5, 5.41) is 4.19. The summed E-state index contributed by atoms with van der Waals surface area (Å²) >= 11 is 0. The standard InChI is InChI=1S/C12H16N2O4.ClH/c1-5-14-8(3)11(7(2)13-14)9(15)6-10(16)12(17)18-4;/h5-6H2,1-4H3;1H. The molecule has 0 aromatic carbocycles. The van der Waals surface area contributed by atoms with Gasteiger partial charge >= 0.3 is 5.97 Å². The molecule has 0 unspecified atom stereocenters. The third-order valence-electron chi connectivity index (χ3n) is 2.69. The van der Waals surface area contributed by atoms with E-state index < -0.39 is 24.0 Å².